The first-order valence-electron chi connectivity index (χ1n) is 12.4. The molecule has 198 valence electrons. The summed E-state index contributed by atoms with van der Waals surface area (Å²) in [5.74, 6) is -0.968. The minimum atomic E-state index is -4.07. The lowest BCUT2D eigenvalue weighted by molar-refractivity contribution is -0.122. The summed E-state index contributed by atoms with van der Waals surface area (Å²) in [5.41, 5.74) is 1.58. The molecule has 0 N–H and O–H groups in total. The second-order valence-corrected chi connectivity index (χ2v) is 12.7. The Balaban J connectivity index is 1.43. The van der Waals surface area contributed by atoms with Crippen LogP contribution >= 0.6 is 27.5 Å². The van der Waals surface area contributed by atoms with Gasteiger partial charge in [-0.3, -0.25) is 14.5 Å². The van der Waals surface area contributed by atoms with Crippen LogP contribution in [-0.4, -0.2) is 54.6 Å². The number of nitrogens with zero attached hydrogens (tertiary/aromatic N) is 3. The number of benzene rings is 3. The Morgan fingerprint density at radius 2 is 1.53 bits per heavy atom. The van der Waals surface area contributed by atoms with Crippen LogP contribution in [0.5, 0.6) is 0 Å². The molecule has 5 rings (SSSR count). The van der Waals surface area contributed by atoms with Crippen LogP contribution in [0.2, 0.25) is 5.02 Å². The van der Waals surface area contributed by atoms with Gasteiger partial charge in [0.25, 0.3) is 5.91 Å². The van der Waals surface area contributed by atoms with Crippen LogP contribution in [0.25, 0.3) is 0 Å². The molecule has 2 aliphatic rings. The van der Waals surface area contributed by atoms with Crippen molar-refractivity contribution in [3.8, 4) is 0 Å². The van der Waals surface area contributed by atoms with Crippen molar-refractivity contribution in [3.63, 3.8) is 0 Å². The lowest BCUT2D eigenvalue weighted by Crippen LogP contribution is -2.53. The highest BCUT2D eigenvalue weighted by molar-refractivity contribution is 9.10. The quantitative estimate of drug-likeness (QED) is 0.346. The molecule has 0 saturated carbocycles. The fourth-order valence-corrected chi connectivity index (χ4v) is 7.41. The number of rotatable bonds is 7. The highest BCUT2D eigenvalue weighted by Crippen LogP contribution is 2.34. The minimum Gasteiger partial charge on any atom is -0.299 e. The van der Waals surface area contributed by atoms with Crippen LogP contribution in [0, 0.1) is 0 Å². The van der Waals surface area contributed by atoms with Gasteiger partial charge in [-0.05, 0) is 66.9 Å². The maximum Gasteiger partial charge on any atom is 0.252 e. The van der Waals surface area contributed by atoms with Crippen LogP contribution in [-0.2, 0) is 26.2 Å². The van der Waals surface area contributed by atoms with Crippen molar-refractivity contribution in [1.29, 1.82) is 0 Å². The lowest BCUT2D eigenvalue weighted by Gasteiger charge is -2.39. The predicted octanol–water partition coefficient (Wildman–Crippen LogP) is 5.09. The predicted molar refractivity (Wildman–Crippen MR) is 150 cm³/mol. The molecule has 10 heteroatoms. The molecule has 2 amide bonds. The smallest absolute Gasteiger partial charge is 0.252 e. The van der Waals surface area contributed by atoms with Crippen molar-refractivity contribution < 1.29 is 18.0 Å². The summed E-state index contributed by atoms with van der Waals surface area (Å²) in [7, 11) is -4.07. The molecular weight excluding hydrogens is 590 g/mol. The van der Waals surface area contributed by atoms with E-state index in [1.807, 2.05) is 18.2 Å². The summed E-state index contributed by atoms with van der Waals surface area (Å²) in [6.45, 7) is 2.14. The highest BCUT2D eigenvalue weighted by atomic mass is 79.9. The zero-order valence-corrected chi connectivity index (χ0v) is 23.7. The molecular formula is C28H27BrClN3O4S. The van der Waals surface area contributed by atoms with Gasteiger partial charge in [0, 0.05) is 35.2 Å². The average molecular weight is 617 g/mol. The van der Waals surface area contributed by atoms with Gasteiger partial charge in [-0.25, -0.2) is 13.3 Å². The third kappa shape index (κ3) is 5.58. The van der Waals surface area contributed by atoms with Crippen LogP contribution < -0.4 is 4.90 Å². The Morgan fingerprint density at radius 1 is 0.895 bits per heavy atom. The Labute approximate surface area is 236 Å². The standard InChI is InChI=1S/C28H27BrClN3O4S/c29-21-6-12-25(13-7-21)38(36,37)33(24-14-16-31(17-15-24)19-20-4-2-1-3-5-20)26-18-27(34)32(28(26)35)23-10-8-22(30)9-11-23/h1-13,24,26H,14-19H2. The number of sulfonamides is 1. The van der Waals surface area contributed by atoms with Gasteiger partial charge in [0.1, 0.15) is 6.04 Å². The van der Waals surface area contributed by atoms with Crippen molar-refractivity contribution in [2.75, 3.05) is 18.0 Å². The van der Waals surface area contributed by atoms with Gasteiger partial charge >= 0.3 is 0 Å². The summed E-state index contributed by atoms with van der Waals surface area (Å²) in [4.78, 5) is 30.2. The van der Waals surface area contributed by atoms with Gasteiger partial charge in [0.2, 0.25) is 15.9 Å². The highest BCUT2D eigenvalue weighted by Gasteiger charge is 2.49. The van der Waals surface area contributed by atoms with Crippen LogP contribution in [0.3, 0.4) is 0 Å². The van der Waals surface area contributed by atoms with E-state index in [1.54, 1.807) is 36.4 Å². The number of halogens is 2. The summed E-state index contributed by atoms with van der Waals surface area (Å²) in [6.07, 6.45) is 0.907. The Hall–Kier alpha value is -2.56. The van der Waals surface area contributed by atoms with Gasteiger partial charge in [0.15, 0.2) is 0 Å². The molecule has 2 heterocycles. The first kappa shape index (κ1) is 27.0. The molecule has 0 aromatic heterocycles. The summed E-state index contributed by atoms with van der Waals surface area (Å²) in [5, 5.41) is 0.478. The average Bonchev–Trinajstić information content (AvgIpc) is 3.19. The number of imide groups is 1. The number of hydrogen-bond donors (Lipinski definition) is 0. The number of hydrogen-bond acceptors (Lipinski definition) is 5. The topological polar surface area (TPSA) is 78.0 Å². The maximum atomic E-state index is 14.0. The minimum absolute atomic E-state index is 0.0950. The zero-order valence-electron chi connectivity index (χ0n) is 20.5. The van der Waals surface area contributed by atoms with E-state index in [0.717, 1.165) is 15.9 Å². The molecule has 0 radical (unpaired) electrons. The Bertz CT molecular complexity index is 1410. The van der Waals surface area contributed by atoms with Crippen molar-refractivity contribution in [3.05, 3.63) is 93.9 Å². The summed E-state index contributed by atoms with van der Waals surface area (Å²) < 4.78 is 30.1. The zero-order chi connectivity index (χ0) is 26.9. The first-order valence-corrected chi connectivity index (χ1v) is 15.0. The summed E-state index contributed by atoms with van der Waals surface area (Å²) in [6, 6.07) is 21.4. The van der Waals surface area contributed by atoms with E-state index in [9.17, 15) is 18.0 Å². The normalized spacial score (nSPS) is 19.4. The molecule has 1 atom stereocenters. The first-order chi connectivity index (χ1) is 18.2. The van der Waals surface area contributed by atoms with Crippen LogP contribution in [0.1, 0.15) is 24.8 Å². The fraction of sp³-hybridized carbons (Fsp3) is 0.286. The van der Waals surface area contributed by atoms with E-state index in [-0.39, 0.29) is 11.3 Å². The monoisotopic (exact) mass is 615 g/mol. The van der Waals surface area contributed by atoms with Gasteiger partial charge < -0.3 is 0 Å². The molecule has 2 aliphatic heterocycles. The number of likely N-dealkylation sites (tertiary alicyclic amines) is 1. The molecule has 2 saturated heterocycles. The molecule has 3 aromatic carbocycles. The molecule has 2 fully saturated rings. The molecule has 7 nitrogen and oxygen atoms in total. The maximum absolute atomic E-state index is 14.0. The second-order valence-electron chi connectivity index (χ2n) is 9.55. The Kier molecular flexibility index (Phi) is 8.02. The SMILES string of the molecule is O=C1CC(N(C2CCN(Cc3ccccc3)CC2)S(=O)(=O)c2ccc(Br)cc2)C(=O)N1c1ccc(Cl)cc1. The van der Waals surface area contributed by atoms with Gasteiger partial charge in [-0.2, -0.15) is 4.31 Å². The molecule has 0 bridgehead atoms. The Morgan fingerprint density at radius 3 is 2.16 bits per heavy atom. The van der Waals surface area contributed by atoms with Gasteiger partial charge in [-0.15, -0.1) is 0 Å². The number of anilines is 1. The van der Waals surface area contributed by atoms with E-state index in [2.05, 4.69) is 33.0 Å². The fourth-order valence-electron chi connectivity index (χ4n) is 5.20. The molecule has 3 aromatic rings. The largest absolute Gasteiger partial charge is 0.299 e. The van der Waals surface area contributed by atoms with Crippen molar-refractivity contribution in [2.24, 2.45) is 0 Å². The number of carbonyl (C=O) groups is 2. The molecule has 0 spiro atoms. The van der Waals surface area contributed by atoms with Crippen molar-refractivity contribution in [2.45, 2.75) is 42.8 Å². The van der Waals surface area contributed by atoms with Crippen molar-refractivity contribution in [1.82, 2.24) is 9.21 Å². The van der Waals surface area contributed by atoms with E-state index in [4.69, 9.17) is 11.6 Å². The van der Waals surface area contributed by atoms with Gasteiger partial charge in [0.05, 0.1) is 17.0 Å². The number of carbonyl (C=O) groups excluding carboxylic acids is 2. The third-order valence-electron chi connectivity index (χ3n) is 7.07. The number of piperidine rings is 1. The third-order valence-corrected chi connectivity index (χ3v) is 9.83. The van der Waals surface area contributed by atoms with E-state index < -0.39 is 33.9 Å². The van der Waals surface area contributed by atoms with Crippen LogP contribution in [0.15, 0.2) is 88.2 Å². The van der Waals surface area contributed by atoms with Gasteiger partial charge in [-0.1, -0.05) is 57.9 Å². The van der Waals surface area contributed by atoms with E-state index >= 15 is 0 Å². The summed E-state index contributed by atoms with van der Waals surface area (Å²) >= 11 is 9.34. The molecule has 38 heavy (non-hydrogen) atoms. The van der Waals surface area contributed by atoms with E-state index in [1.165, 1.54) is 22.0 Å². The molecule has 1 unspecified atom stereocenters. The second kappa shape index (κ2) is 11.3. The van der Waals surface area contributed by atoms with Crippen molar-refractivity contribution >= 4 is 55.1 Å². The lowest BCUT2D eigenvalue weighted by atomic mass is 10.0. The van der Waals surface area contributed by atoms with Crippen LogP contribution in [0.4, 0.5) is 5.69 Å². The number of amides is 2. The molecule has 0 aliphatic carbocycles. The van der Waals surface area contributed by atoms with E-state index in [0.29, 0.717) is 36.6 Å².